The molecular weight excluding hydrogens is 289 g/mol. The maximum absolute atomic E-state index is 13.7. The van der Waals surface area contributed by atoms with Crippen LogP contribution in [0.15, 0.2) is 41.8 Å². The molecular formula is C19H22FN3. The molecule has 23 heavy (non-hydrogen) atoms. The highest BCUT2D eigenvalue weighted by Crippen LogP contribution is 2.36. The van der Waals surface area contributed by atoms with E-state index in [0.717, 1.165) is 10.9 Å². The van der Waals surface area contributed by atoms with Crippen molar-refractivity contribution in [3.8, 4) is 0 Å². The average Bonchev–Trinajstić information content (AvgIpc) is 2.87. The summed E-state index contributed by atoms with van der Waals surface area (Å²) >= 11 is 0. The maximum atomic E-state index is 13.7. The second-order valence-electron chi connectivity index (χ2n) is 6.48. The van der Waals surface area contributed by atoms with Crippen LogP contribution >= 0.6 is 0 Å². The summed E-state index contributed by atoms with van der Waals surface area (Å²) in [4.78, 5) is 0. The molecule has 1 aromatic heterocycles. The predicted molar refractivity (Wildman–Crippen MR) is 94.9 cm³/mol. The number of rotatable bonds is 3. The number of nitrogens with two attached hydrogens (primary N) is 1. The van der Waals surface area contributed by atoms with E-state index in [1.165, 1.54) is 11.9 Å². The number of benzene rings is 1. The number of aromatic nitrogens is 1. The molecule has 1 unspecified atom stereocenters. The third kappa shape index (κ3) is 2.58. The maximum Gasteiger partial charge on any atom is 0.121 e. The van der Waals surface area contributed by atoms with E-state index in [-0.39, 0.29) is 11.9 Å². The Morgan fingerprint density at radius 1 is 1.35 bits per heavy atom. The van der Waals surface area contributed by atoms with Crippen LogP contribution in [0.1, 0.15) is 50.4 Å². The first-order chi connectivity index (χ1) is 10.9. The van der Waals surface area contributed by atoms with Crippen LogP contribution in [0, 0.1) is 5.41 Å². The van der Waals surface area contributed by atoms with Crippen molar-refractivity contribution in [3.05, 3.63) is 53.0 Å². The molecule has 0 bridgehead atoms. The zero-order valence-corrected chi connectivity index (χ0v) is 13.7. The van der Waals surface area contributed by atoms with Gasteiger partial charge < -0.3 is 15.7 Å². The van der Waals surface area contributed by atoms with Crippen LogP contribution in [0.25, 0.3) is 10.9 Å². The Morgan fingerprint density at radius 2 is 2.09 bits per heavy atom. The van der Waals surface area contributed by atoms with Gasteiger partial charge in [-0.05, 0) is 49.1 Å². The molecule has 120 valence electrons. The normalized spacial score (nSPS) is 18.2. The van der Waals surface area contributed by atoms with Crippen LogP contribution in [0.5, 0.6) is 0 Å². The molecule has 0 fully saturated rings. The first-order valence-corrected chi connectivity index (χ1v) is 7.91. The minimum atomic E-state index is -0.131. The standard InChI is InChI=1S/C19H22FN3/c1-11(2)18-8-13-7-17(22)14(10-21)9-19(13)23(18)15-4-5-16(20)12(3)6-15/h5-11,15,21H,4,22H2,1-3H3. The third-order valence-corrected chi connectivity index (χ3v) is 4.51. The molecule has 1 aromatic carbocycles. The number of nitrogens with zero attached hydrogens (tertiary/aromatic N) is 1. The lowest BCUT2D eigenvalue weighted by molar-refractivity contribution is 0.551. The summed E-state index contributed by atoms with van der Waals surface area (Å²) < 4.78 is 15.9. The lowest BCUT2D eigenvalue weighted by Crippen LogP contribution is -2.13. The fourth-order valence-electron chi connectivity index (χ4n) is 3.27. The monoisotopic (exact) mass is 311 g/mol. The number of halogens is 1. The van der Waals surface area contributed by atoms with Gasteiger partial charge in [-0.3, -0.25) is 0 Å². The number of hydrogen-bond acceptors (Lipinski definition) is 2. The summed E-state index contributed by atoms with van der Waals surface area (Å²) in [5.41, 5.74) is 10.3. The van der Waals surface area contributed by atoms with Gasteiger partial charge in [-0.15, -0.1) is 0 Å². The Balaban J connectivity index is 2.25. The number of nitrogens with one attached hydrogen (secondary N) is 1. The minimum Gasteiger partial charge on any atom is -0.398 e. The molecule has 0 saturated carbocycles. The van der Waals surface area contributed by atoms with Gasteiger partial charge in [-0.1, -0.05) is 19.9 Å². The number of nitrogen functional groups attached to an aromatic ring is 1. The van der Waals surface area contributed by atoms with E-state index in [2.05, 4.69) is 24.5 Å². The molecule has 4 heteroatoms. The van der Waals surface area contributed by atoms with E-state index in [0.29, 0.717) is 29.2 Å². The average molecular weight is 311 g/mol. The topological polar surface area (TPSA) is 54.8 Å². The predicted octanol–water partition coefficient (Wildman–Crippen LogP) is 5.09. The number of allylic oxidation sites excluding steroid dienone is 4. The van der Waals surface area contributed by atoms with Gasteiger partial charge in [-0.25, -0.2) is 4.39 Å². The van der Waals surface area contributed by atoms with Crippen molar-refractivity contribution >= 4 is 22.8 Å². The molecule has 0 amide bonds. The Bertz CT molecular complexity index is 840. The molecule has 1 aliphatic carbocycles. The Hall–Kier alpha value is -2.36. The van der Waals surface area contributed by atoms with Crippen molar-refractivity contribution in [1.29, 1.82) is 5.41 Å². The van der Waals surface area contributed by atoms with E-state index in [9.17, 15) is 4.39 Å². The third-order valence-electron chi connectivity index (χ3n) is 4.51. The molecule has 0 radical (unpaired) electrons. The summed E-state index contributed by atoms with van der Waals surface area (Å²) in [6.45, 7) is 6.11. The van der Waals surface area contributed by atoms with Crippen LogP contribution in [0.4, 0.5) is 10.1 Å². The van der Waals surface area contributed by atoms with Crippen molar-refractivity contribution < 1.29 is 4.39 Å². The highest BCUT2D eigenvalue weighted by Gasteiger charge is 2.21. The summed E-state index contributed by atoms with van der Waals surface area (Å²) in [5.74, 6) is 0.213. The van der Waals surface area contributed by atoms with E-state index < -0.39 is 0 Å². The summed E-state index contributed by atoms with van der Waals surface area (Å²) in [5, 5.41) is 8.61. The largest absolute Gasteiger partial charge is 0.398 e. The second-order valence-corrected chi connectivity index (χ2v) is 6.48. The SMILES string of the molecule is CC1=CC(n2c(C(C)C)cc3cc(N)c(C=N)cc32)CC=C1F. The van der Waals surface area contributed by atoms with Crippen molar-refractivity contribution in [2.45, 2.75) is 39.2 Å². The van der Waals surface area contributed by atoms with Gasteiger partial charge in [0.1, 0.15) is 5.83 Å². The van der Waals surface area contributed by atoms with E-state index in [4.69, 9.17) is 11.1 Å². The van der Waals surface area contributed by atoms with Crippen molar-refractivity contribution in [1.82, 2.24) is 4.57 Å². The highest BCUT2D eigenvalue weighted by molar-refractivity contribution is 5.95. The Morgan fingerprint density at radius 3 is 2.70 bits per heavy atom. The Labute approximate surface area is 135 Å². The second kappa shape index (κ2) is 5.69. The first-order valence-electron chi connectivity index (χ1n) is 7.91. The molecule has 2 aromatic rings. The van der Waals surface area contributed by atoms with Gasteiger partial charge >= 0.3 is 0 Å². The zero-order valence-electron chi connectivity index (χ0n) is 13.7. The molecule has 1 heterocycles. The lowest BCUT2D eigenvalue weighted by atomic mass is 10.0. The fourth-order valence-corrected chi connectivity index (χ4v) is 3.27. The molecule has 3 nitrogen and oxygen atoms in total. The molecule has 0 saturated heterocycles. The molecule has 3 rings (SSSR count). The van der Waals surface area contributed by atoms with Gasteiger partial charge in [0, 0.05) is 34.1 Å². The summed E-state index contributed by atoms with van der Waals surface area (Å²) in [7, 11) is 0. The van der Waals surface area contributed by atoms with Crippen LogP contribution in [0.3, 0.4) is 0 Å². The Kier molecular flexibility index (Phi) is 3.84. The zero-order chi connectivity index (χ0) is 16.7. The van der Waals surface area contributed by atoms with Crippen molar-refractivity contribution in [2.24, 2.45) is 0 Å². The fraction of sp³-hybridized carbons (Fsp3) is 0.316. The molecule has 1 atom stereocenters. The highest BCUT2D eigenvalue weighted by atomic mass is 19.1. The number of anilines is 1. The van der Waals surface area contributed by atoms with Gasteiger partial charge in [0.15, 0.2) is 0 Å². The lowest BCUT2D eigenvalue weighted by Gasteiger charge is -2.24. The summed E-state index contributed by atoms with van der Waals surface area (Å²) in [6, 6.07) is 6.13. The minimum absolute atomic E-state index is 0.0895. The van der Waals surface area contributed by atoms with Crippen molar-refractivity contribution in [3.63, 3.8) is 0 Å². The number of fused-ring (bicyclic) bond motifs is 1. The van der Waals surface area contributed by atoms with Gasteiger partial charge in [0.25, 0.3) is 0 Å². The smallest absolute Gasteiger partial charge is 0.121 e. The van der Waals surface area contributed by atoms with E-state index in [1.807, 2.05) is 18.2 Å². The van der Waals surface area contributed by atoms with E-state index in [1.54, 1.807) is 13.0 Å². The molecule has 0 aliphatic heterocycles. The number of hydrogen-bond donors (Lipinski definition) is 2. The van der Waals surface area contributed by atoms with Gasteiger partial charge in [-0.2, -0.15) is 0 Å². The van der Waals surface area contributed by atoms with Crippen LogP contribution in [-0.2, 0) is 0 Å². The first kappa shape index (κ1) is 15.5. The quantitative estimate of drug-likeness (QED) is 0.602. The summed E-state index contributed by atoms with van der Waals surface area (Å²) in [6.07, 6.45) is 5.56. The van der Waals surface area contributed by atoms with Gasteiger partial charge in [0.2, 0.25) is 0 Å². The van der Waals surface area contributed by atoms with Crippen molar-refractivity contribution in [2.75, 3.05) is 5.73 Å². The van der Waals surface area contributed by atoms with E-state index >= 15 is 0 Å². The van der Waals surface area contributed by atoms with Crippen LogP contribution in [-0.4, -0.2) is 10.8 Å². The molecule has 3 N–H and O–H groups in total. The van der Waals surface area contributed by atoms with Crippen LogP contribution in [0.2, 0.25) is 0 Å². The molecule has 0 spiro atoms. The van der Waals surface area contributed by atoms with Crippen LogP contribution < -0.4 is 5.73 Å². The van der Waals surface area contributed by atoms with Gasteiger partial charge in [0.05, 0.1) is 6.04 Å². The molecule has 1 aliphatic rings.